The van der Waals surface area contributed by atoms with E-state index < -0.39 is 0 Å². The zero-order valence-corrected chi connectivity index (χ0v) is 9.42. The fraction of sp³-hybridized carbons (Fsp3) is 0.571. The van der Waals surface area contributed by atoms with E-state index in [2.05, 4.69) is 36.5 Å². The van der Waals surface area contributed by atoms with Crippen molar-refractivity contribution in [2.24, 2.45) is 5.92 Å². The molecule has 0 aromatic heterocycles. The minimum Gasteiger partial charge on any atom is -0.317 e. The molecular weight excluding hydrogens is 182 g/mol. The van der Waals surface area contributed by atoms with Gasteiger partial charge < -0.3 is 5.32 Å². The van der Waals surface area contributed by atoms with Crippen LogP contribution in [0.3, 0.4) is 0 Å². The molecule has 3 rings (SSSR count). The Bertz CT molecular complexity index is 363. The molecule has 1 N–H and O–H groups in total. The van der Waals surface area contributed by atoms with Crippen LogP contribution in [-0.2, 0) is 11.8 Å². The van der Waals surface area contributed by atoms with Crippen molar-refractivity contribution in [3.8, 4) is 0 Å². The Morgan fingerprint density at radius 3 is 2.73 bits per heavy atom. The normalized spacial score (nSPS) is 27.9. The second-order valence-corrected chi connectivity index (χ2v) is 5.17. The SMILES string of the molecule is CC1Cc2ccccc2C12CCNCC2. The molecule has 1 heteroatoms. The van der Waals surface area contributed by atoms with Crippen molar-refractivity contribution in [1.29, 1.82) is 0 Å². The average Bonchev–Trinajstić information content (AvgIpc) is 2.55. The smallest absolute Gasteiger partial charge is 0.000860 e. The molecule has 1 nitrogen and oxygen atoms in total. The van der Waals surface area contributed by atoms with E-state index in [-0.39, 0.29) is 0 Å². The molecule has 80 valence electrons. The van der Waals surface area contributed by atoms with Gasteiger partial charge in [0, 0.05) is 5.41 Å². The summed E-state index contributed by atoms with van der Waals surface area (Å²) in [5.74, 6) is 0.831. The Balaban J connectivity index is 2.07. The third-order valence-corrected chi connectivity index (χ3v) is 4.52. The van der Waals surface area contributed by atoms with Gasteiger partial charge in [0.2, 0.25) is 0 Å². The molecule has 1 saturated heterocycles. The maximum atomic E-state index is 3.49. The van der Waals surface area contributed by atoms with Gasteiger partial charge >= 0.3 is 0 Å². The second-order valence-electron chi connectivity index (χ2n) is 5.17. The van der Waals surface area contributed by atoms with E-state index in [1.807, 2.05) is 0 Å². The average molecular weight is 201 g/mol. The molecular formula is C14H19N. The molecule has 1 aromatic rings. The standard InChI is InChI=1S/C14H19N/c1-11-10-12-4-2-3-5-13(12)14(11)6-8-15-9-7-14/h2-5,11,15H,6-10H2,1H3. The van der Waals surface area contributed by atoms with E-state index in [0.29, 0.717) is 5.41 Å². The van der Waals surface area contributed by atoms with Crippen LogP contribution in [0.5, 0.6) is 0 Å². The molecule has 1 aliphatic carbocycles. The van der Waals surface area contributed by atoms with Gasteiger partial charge in [0.15, 0.2) is 0 Å². The summed E-state index contributed by atoms with van der Waals surface area (Å²) in [6.45, 7) is 4.82. The summed E-state index contributed by atoms with van der Waals surface area (Å²) >= 11 is 0. The van der Waals surface area contributed by atoms with Gasteiger partial charge in [0.25, 0.3) is 0 Å². The quantitative estimate of drug-likeness (QED) is 0.680. The van der Waals surface area contributed by atoms with Gasteiger partial charge in [0.05, 0.1) is 0 Å². The lowest BCUT2D eigenvalue weighted by molar-refractivity contribution is 0.235. The van der Waals surface area contributed by atoms with Gasteiger partial charge in [0.1, 0.15) is 0 Å². The van der Waals surface area contributed by atoms with Crippen LogP contribution in [0.15, 0.2) is 24.3 Å². The van der Waals surface area contributed by atoms with Gasteiger partial charge in [-0.2, -0.15) is 0 Å². The van der Waals surface area contributed by atoms with Gasteiger partial charge in [-0.3, -0.25) is 0 Å². The highest BCUT2D eigenvalue weighted by Gasteiger charge is 2.44. The van der Waals surface area contributed by atoms with Gasteiger partial charge in [-0.05, 0) is 49.4 Å². The number of nitrogens with one attached hydrogen (secondary N) is 1. The molecule has 1 aliphatic heterocycles. The van der Waals surface area contributed by atoms with Crippen molar-refractivity contribution in [3.05, 3.63) is 35.4 Å². The summed E-state index contributed by atoms with van der Waals surface area (Å²) in [5, 5.41) is 3.49. The van der Waals surface area contributed by atoms with Crippen LogP contribution in [0.25, 0.3) is 0 Å². The Hall–Kier alpha value is -0.820. The maximum Gasteiger partial charge on any atom is 0.000860 e. The molecule has 0 amide bonds. The molecule has 1 atom stereocenters. The van der Waals surface area contributed by atoms with E-state index in [0.717, 1.165) is 5.92 Å². The number of rotatable bonds is 0. The van der Waals surface area contributed by atoms with E-state index in [9.17, 15) is 0 Å². The first-order valence-corrected chi connectivity index (χ1v) is 6.12. The van der Waals surface area contributed by atoms with Crippen LogP contribution in [0.2, 0.25) is 0 Å². The van der Waals surface area contributed by atoms with Gasteiger partial charge in [-0.1, -0.05) is 31.2 Å². The number of fused-ring (bicyclic) bond motifs is 2. The fourth-order valence-corrected chi connectivity index (χ4v) is 3.61. The van der Waals surface area contributed by atoms with Gasteiger partial charge in [-0.25, -0.2) is 0 Å². The van der Waals surface area contributed by atoms with Crippen molar-refractivity contribution in [2.75, 3.05) is 13.1 Å². The van der Waals surface area contributed by atoms with Crippen LogP contribution in [0.4, 0.5) is 0 Å². The minimum atomic E-state index is 0.502. The topological polar surface area (TPSA) is 12.0 Å². The molecule has 0 radical (unpaired) electrons. The summed E-state index contributed by atoms with van der Waals surface area (Å²) in [6, 6.07) is 9.08. The van der Waals surface area contributed by atoms with E-state index in [4.69, 9.17) is 0 Å². The Kier molecular flexibility index (Phi) is 2.10. The first-order valence-electron chi connectivity index (χ1n) is 6.12. The van der Waals surface area contributed by atoms with Crippen molar-refractivity contribution in [2.45, 2.75) is 31.6 Å². The van der Waals surface area contributed by atoms with E-state index in [1.165, 1.54) is 32.4 Å². The molecule has 1 fully saturated rings. The zero-order chi connectivity index (χ0) is 10.3. The largest absolute Gasteiger partial charge is 0.317 e. The highest BCUT2D eigenvalue weighted by atomic mass is 14.9. The van der Waals surface area contributed by atoms with E-state index in [1.54, 1.807) is 11.1 Å². The van der Waals surface area contributed by atoms with Crippen LogP contribution in [-0.4, -0.2) is 13.1 Å². The van der Waals surface area contributed by atoms with Gasteiger partial charge in [-0.15, -0.1) is 0 Å². The monoisotopic (exact) mass is 201 g/mol. The number of hydrogen-bond acceptors (Lipinski definition) is 1. The highest BCUT2D eigenvalue weighted by molar-refractivity contribution is 5.41. The summed E-state index contributed by atoms with van der Waals surface area (Å²) < 4.78 is 0. The lowest BCUT2D eigenvalue weighted by Crippen LogP contribution is -2.42. The first-order chi connectivity index (χ1) is 7.33. The first kappa shape index (κ1) is 9.41. The summed E-state index contributed by atoms with van der Waals surface area (Å²) in [7, 11) is 0. The summed E-state index contributed by atoms with van der Waals surface area (Å²) in [4.78, 5) is 0. The molecule has 1 unspecified atom stereocenters. The third-order valence-electron chi connectivity index (χ3n) is 4.52. The molecule has 0 saturated carbocycles. The van der Waals surface area contributed by atoms with Crippen LogP contribution in [0.1, 0.15) is 30.9 Å². The molecule has 15 heavy (non-hydrogen) atoms. The highest BCUT2D eigenvalue weighted by Crippen LogP contribution is 2.48. The number of benzene rings is 1. The molecule has 2 aliphatic rings. The molecule has 1 heterocycles. The predicted molar refractivity (Wildman–Crippen MR) is 63.1 cm³/mol. The number of hydrogen-bond donors (Lipinski definition) is 1. The van der Waals surface area contributed by atoms with Crippen molar-refractivity contribution in [1.82, 2.24) is 5.32 Å². The Morgan fingerprint density at radius 2 is 1.93 bits per heavy atom. The second kappa shape index (κ2) is 3.34. The van der Waals surface area contributed by atoms with Crippen molar-refractivity contribution >= 4 is 0 Å². The van der Waals surface area contributed by atoms with Crippen LogP contribution in [0, 0.1) is 5.92 Å². The lowest BCUT2D eigenvalue weighted by Gasteiger charge is -2.39. The van der Waals surface area contributed by atoms with Crippen LogP contribution >= 0.6 is 0 Å². The van der Waals surface area contributed by atoms with Crippen molar-refractivity contribution in [3.63, 3.8) is 0 Å². The Labute approximate surface area is 91.9 Å². The fourth-order valence-electron chi connectivity index (χ4n) is 3.61. The summed E-state index contributed by atoms with van der Waals surface area (Å²) in [6.07, 6.45) is 3.94. The third kappa shape index (κ3) is 1.26. The number of piperidine rings is 1. The molecule has 0 bridgehead atoms. The minimum absolute atomic E-state index is 0.502. The predicted octanol–water partition coefficient (Wildman–Crippen LogP) is 2.50. The summed E-state index contributed by atoms with van der Waals surface area (Å²) in [5.41, 5.74) is 3.76. The Morgan fingerprint density at radius 1 is 1.20 bits per heavy atom. The van der Waals surface area contributed by atoms with Crippen LogP contribution < -0.4 is 5.32 Å². The molecule has 1 aromatic carbocycles. The zero-order valence-electron chi connectivity index (χ0n) is 9.42. The lowest BCUT2D eigenvalue weighted by atomic mass is 9.69. The maximum absolute atomic E-state index is 3.49. The molecule has 1 spiro atoms. The van der Waals surface area contributed by atoms with Crippen molar-refractivity contribution < 1.29 is 0 Å². The van der Waals surface area contributed by atoms with E-state index >= 15 is 0 Å².